The fourth-order valence-electron chi connectivity index (χ4n) is 2.23. The van der Waals surface area contributed by atoms with E-state index in [1.54, 1.807) is 11.3 Å². The maximum Gasteiger partial charge on any atom is 0.186 e. The van der Waals surface area contributed by atoms with Gasteiger partial charge in [0.15, 0.2) is 11.4 Å². The van der Waals surface area contributed by atoms with E-state index in [0.29, 0.717) is 12.0 Å². The number of carbonyl (C=O) groups is 1. The van der Waals surface area contributed by atoms with Crippen molar-refractivity contribution in [2.45, 2.75) is 64.8 Å². The largest absolute Gasteiger partial charge is 0.345 e. The van der Waals surface area contributed by atoms with E-state index in [4.69, 9.17) is 4.98 Å². The Hall–Kier alpha value is -0.900. The van der Waals surface area contributed by atoms with Gasteiger partial charge in [0, 0.05) is 12.6 Å². The number of rotatable bonds is 8. The number of unbranched alkanes of at least 4 members (excludes halogenated alkanes) is 1. The Kier molecular flexibility index (Phi) is 4.97. The van der Waals surface area contributed by atoms with Gasteiger partial charge in [-0.25, -0.2) is 4.98 Å². The van der Waals surface area contributed by atoms with Crippen LogP contribution in [-0.2, 0) is 0 Å². The SMILES string of the molecule is CCCCN(c1nc(C(C)CC)c(C=O)s1)C1CC1. The molecule has 1 heterocycles. The second-order valence-electron chi connectivity index (χ2n) is 5.45. The number of aldehydes is 1. The van der Waals surface area contributed by atoms with Gasteiger partial charge < -0.3 is 4.90 Å². The Balaban J connectivity index is 2.22. The number of anilines is 1. The van der Waals surface area contributed by atoms with Gasteiger partial charge >= 0.3 is 0 Å². The number of carbonyl (C=O) groups excluding carboxylic acids is 1. The molecule has 0 aromatic carbocycles. The Morgan fingerprint density at radius 3 is 2.74 bits per heavy atom. The molecule has 0 N–H and O–H groups in total. The highest BCUT2D eigenvalue weighted by Crippen LogP contribution is 2.37. The van der Waals surface area contributed by atoms with Gasteiger partial charge in [-0.15, -0.1) is 0 Å². The summed E-state index contributed by atoms with van der Waals surface area (Å²) in [5, 5.41) is 1.06. The Morgan fingerprint density at radius 1 is 1.47 bits per heavy atom. The second kappa shape index (κ2) is 6.51. The summed E-state index contributed by atoms with van der Waals surface area (Å²) in [6, 6.07) is 0.669. The van der Waals surface area contributed by atoms with Crippen LogP contribution in [-0.4, -0.2) is 23.9 Å². The molecule has 0 amide bonds. The molecular weight excluding hydrogens is 256 g/mol. The first-order valence-electron chi connectivity index (χ1n) is 7.43. The monoisotopic (exact) mass is 280 g/mol. The molecule has 2 rings (SSSR count). The average Bonchev–Trinajstić information content (AvgIpc) is 3.17. The summed E-state index contributed by atoms with van der Waals surface area (Å²) in [5.74, 6) is 0.373. The molecule has 1 aliphatic rings. The Labute approximate surface area is 120 Å². The molecule has 19 heavy (non-hydrogen) atoms. The van der Waals surface area contributed by atoms with Gasteiger partial charge in [0.2, 0.25) is 0 Å². The molecule has 1 aromatic heterocycles. The van der Waals surface area contributed by atoms with E-state index in [9.17, 15) is 4.79 Å². The number of hydrogen-bond donors (Lipinski definition) is 0. The van der Waals surface area contributed by atoms with E-state index in [2.05, 4.69) is 25.7 Å². The highest BCUT2D eigenvalue weighted by molar-refractivity contribution is 7.17. The van der Waals surface area contributed by atoms with Crippen LogP contribution in [0.1, 0.15) is 74.2 Å². The van der Waals surface area contributed by atoms with Crippen LogP contribution in [0.15, 0.2) is 0 Å². The first-order valence-corrected chi connectivity index (χ1v) is 8.25. The van der Waals surface area contributed by atoms with E-state index in [1.807, 2.05) is 0 Å². The van der Waals surface area contributed by atoms with Gasteiger partial charge in [0.1, 0.15) is 0 Å². The van der Waals surface area contributed by atoms with Gasteiger partial charge in [-0.2, -0.15) is 0 Å². The molecule has 1 saturated carbocycles. The van der Waals surface area contributed by atoms with Gasteiger partial charge in [0.05, 0.1) is 10.6 Å². The zero-order valence-electron chi connectivity index (χ0n) is 12.2. The third-order valence-corrected chi connectivity index (χ3v) is 4.88. The van der Waals surface area contributed by atoms with Gasteiger partial charge in [-0.3, -0.25) is 4.79 Å². The van der Waals surface area contributed by atoms with E-state index in [-0.39, 0.29) is 0 Å². The zero-order chi connectivity index (χ0) is 13.8. The van der Waals surface area contributed by atoms with Crippen LogP contribution in [0.5, 0.6) is 0 Å². The van der Waals surface area contributed by atoms with Crippen LogP contribution in [0.2, 0.25) is 0 Å². The van der Waals surface area contributed by atoms with Crippen molar-refractivity contribution < 1.29 is 4.79 Å². The lowest BCUT2D eigenvalue weighted by atomic mass is 10.0. The van der Waals surface area contributed by atoms with E-state index in [0.717, 1.165) is 35.0 Å². The lowest BCUT2D eigenvalue weighted by Crippen LogP contribution is -2.26. The predicted molar refractivity (Wildman–Crippen MR) is 81.5 cm³/mol. The van der Waals surface area contributed by atoms with Crippen LogP contribution in [0.25, 0.3) is 0 Å². The Morgan fingerprint density at radius 2 is 2.21 bits per heavy atom. The normalized spacial score (nSPS) is 16.4. The minimum Gasteiger partial charge on any atom is -0.345 e. The molecule has 1 unspecified atom stereocenters. The van der Waals surface area contributed by atoms with Crippen LogP contribution < -0.4 is 4.90 Å². The minimum absolute atomic E-state index is 0.373. The molecule has 3 nitrogen and oxygen atoms in total. The first kappa shape index (κ1) is 14.5. The van der Waals surface area contributed by atoms with Crippen LogP contribution in [0.4, 0.5) is 5.13 Å². The van der Waals surface area contributed by atoms with Crippen molar-refractivity contribution in [2.75, 3.05) is 11.4 Å². The standard InChI is InChI=1S/C15H24N2OS/c1-4-6-9-17(12-7-8-12)15-16-14(11(3)5-2)13(10-18)19-15/h10-12H,4-9H2,1-3H3. The second-order valence-corrected chi connectivity index (χ2v) is 6.46. The van der Waals surface area contributed by atoms with Crippen LogP contribution >= 0.6 is 11.3 Å². The Bertz CT molecular complexity index is 426. The lowest BCUT2D eigenvalue weighted by Gasteiger charge is -2.21. The predicted octanol–water partition coefficient (Wildman–Crippen LogP) is 4.24. The third-order valence-electron chi connectivity index (χ3n) is 3.84. The number of thiazole rings is 1. The van der Waals surface area contributed by atoms with Crippen molar-refractivity contribution in [3.63, 3.8) is 0 Å². The molecule has 0 radical (unpaired) electrons. The molecule has 0 bridgehead atoms. The number of nitrogens with zero attached hydrogens (tertiary/aromatic N) is 2. The summed E-state index contributed by atoms with van der Waals surface area (Å²) in [5.41, 5.74) is 1.000. The van der Waals surface area contributed by atoms with Crippen molar-refractivity contribution >= 4 is 22.8 Å². The number of aromatic nitrogens is 1. The topological polar surface area (TPSA) is 33.2 Å². The third kappa shape index (κ3) is 3.35. The smallest absolute Gasteiger partial charge is 0.186 e. The summed E-state index contributed by atoms with van der Waals surface area (Å²) < 4.78 is 0. The number of hydrogen-bond acceptors (Lipinski definition) is 4. The maximum atomic E-state index is 11.2. The lowest BCUT2D eigenvalue weighted by molar-refractivity contribution is 0.112. The highest BCUT2D eigenvalue weighted by atomic mass is 32.1. The maximum absolute atomic E-state index is 11.2. The first-order chi connectivity index (χ1) is 9.21. The van der Waals surface area contributed by atoms with Gasteiger partial charge in [-0.1, -0.05) is 38.5 Å². The molecule has 1 aromatic rings. The summed E-state index contributed by atoms with van der Waals surface area (Å²) in [7, 11) is 0. The summed E-state index contributed by atoms with van der Waals surface area (Å²) >= 11 is 1.58. The van der Waals surface area contributed by atoms with Crippen molar-refractivity contribution in [3.8, 4) is 0 Å². The average molecular weight is 280 g/mol. The summed E-state index contributed by atoms with van der Waals surface area (Å²) in [6.45, 7) is 7.59. The summed E-state index contributed by atoms with van der Waals surface area (Å²) in [4.78, 5) is 19.3. The van der Waals surface area contributed by atoms with Crippen molar-refractivity contribution in [2.24, 2.45) is 0 Å². The molecule has 0 aliphatic heterocycles. The van der Waals surface area contributed by atoms with Crippen LogP contribution in [0, 0.1) is 0 Å². The molecular formula is C15H24N2OS. The quantitative estimate of drug-likeness (QED) is 0.668. The van der Waals surface area contributed by atoms with E-state index < -0.39 is 0 Å². The minimum atomic E-state index is 0.373. The van der Waals surface area contributed by atoms with Gasteiger partial charge in [-0.05, 0) is 31.6 Å². The van der Waals surface area contributed by atoms with Gasteiger partial charge in [0.25, 0.3) is 0 Å². The highest BCUT2D eigenvalue weighted by Gasteiger charge is 2.31. The van der Waals surface area contributed by atoms with Crippen molar-refractivity contribution in [1.82, 2.24) is 4.98 Å². The van der Waals surface area contributed by atoms with Crippen molar-refractivity contribution in [1.29, 1.82) is 0 Å². The molecule has 1 fully saturated rings. The van der Waals surface area contributed by atoms with Crippen LogP contribution in [0.3, 0.4) is 0 Å². The molecule has 1 atom stereocenters. The fourth-order valence-corrected chi connectivity index (χ4v) is 3.33. The molecule has 0 spiro atoms. The summed E-state index contributed by atoms with van der Waals surface area (Å²) in [6.07, 6.45) is 6.96. The van der Waals surface area contributed by atoms with E-state index in [1.165, 1.54) is 25.7 Å². The zero-order valence-corrected chi connectivity index (χ0v) is 13.0. The fraction of sp³-hybridized carbons (Fsp3) is 0.733. The molecule has 0 saturated heterocycles. The molecule has 4 heteroatoms. The molecule has 1 aliphatic carbocycles. The molecule has 106 valence electrons. The van der Waals surface area contributed by atoms with E-state index >= 15 is 0 Å². The van der Waals surface area contributed by atoms with Crippen molar-refractivity contribution in [3.05, 3.63) is 10.6 Å².